The first-order valence-corrected chi connectivity index (χ1v) is 11.1. The van der Waals surface area contributed by atoms with Crippen LogP contribution in [-0.2, 0) is 14.3 Å². The Bertz CT molecular complexity index is 886. The molecule has 0 saturated heterocycles. The monoisotopic (exact) mass is 442 g/mol. The van der Waals surface area contributed by atoms with Crippen LogP contribution in [0.1, 0.15) is 64.9 Å². The molecule has 0 unspecified atom stereocenters. The molecule has 0 atom stereocenters. The van der Waals surface area contributed by atoms with Crippen LogP contribution in [0, 0.1) is 5.41 Å². The average Bonchev–Trinajstić information content (AvgIpc) is 3.24. The molecule has 8 nitrogen and oxygen atoms in total. The summed E-state index contributed by atoms with van der Waals surface area (Å²) in [5.41, 5.74) is 0.862. The molecule has 1 amide bonds. The number of aliphatic imine (C=N–C) groups is 1. The molecular weight excluding hydrogens is 408 g/mol. The second-order valence-corrected chi connectivity index (χ2v) is 7.80. The topological polar surface area (TPSA) is 113 Å². The van der Waals surface area contributed by atoms with Crippen LogP contribution in [0.2, 0.25) is 0 Å². The number of hydrogen-bond acceptors (Lipinski definition) is 7. The van der Waals surface area contributed by atoms with E-state index in [9.17, 15) is 9.59 Å². The fourth-order valence-corrected chi connectivity index (χ4v) is 3.71. The number of allylic oxidation sites excluding steroid dienone is 1. The van der Waals surface area contributed by atoms with E-state index in [4.69, 9.17) is 14.9 Å². The third-order valence-electron chi connectivity index (χ3n) is 5.27. The van der Waals surface area contributed by atoms with E-state index in [0.29, 0.717) is 42.1 Å². The molecule has 3 N–H and O–H groups in total. The number of hydrogen-bond donors (Lipinski definition) is 3. The maximum Gasteiger partial charge on any atom is 0.331 e. The van der Waals surface area contributed by atoms with E-state index in [1.165, 1.54) is 13.2 Å². The Morgan fingerprint density at radius 3 is 2.59 bits per heavy atom. The molecule has 0 spiro atoms. The van der Waals surface area contributed by atoms with Crippen LogP contribution in [0.25, 0.3) is 0 Å². The van der Waals surface area contributed by atoms with Gasteiger partial charge in [-0.15, -0.1) is 0 Å². The number of methoxy groups -OCH3 is 1. The van der Waals surface area contributed by atoms with Gasteiger partial charge in [-0.3, -0.25) is 15.2 Å². The van der Waals surface area contributed by atoms with Gasteiger partial charge in [-0.2, -0.15) is 0 Å². The first kappa shape index (κ1) is 25.1. The first-order valence-electron chi connectivity index (χ1n) is 11.1. The minimum absolute atomic E-state index is 0.0952. The third kappa shape index (κ3) is 6.67. The zero-order chi connectivity index (χ0) is 23.6. The highest BCUT2D eigenvalue weighted by Crippen LogP contribution is 2.35. The standard InChI is InChI=1S/C24H34N4O4/c1-5-7-14-26-17(3)15-21(29)27-22(25)19-16-18(10-11-20(19)32-6-2)28-24(23(30)31-4)12-8-9-13-24/h10-11,14-16,28H,5-9,12-13H2,1-4H3,(H2,25,27,29)/b17-15+,26-14?. The minimum atomic E-state index is -0.777. The fraction of sp³-hybridized carbons (Fsp3) is 0.500. The van der Waals surface area contributed by atoms with E-state index in [2.05, 4.69) is 22.5 Å². The van der Waals surface area contributed by atoms with Crippen molar-refractivity contribution in [3.05, 3.63) is 35.5 Å². The van der Waals surface area contributed by atoms with E-state index in [1.807, 2.05) is 6.92 Å². The summed E-state index contributed by atoms with van der Waals surface area (Å²) in [6.07, 6.45) is 8.18. The summed E-state index contributed by atoms with van der Waals surface area (Å²) in [5, 5.41) is 14.3. The average molecular weight is 443 g/mol. The summed E-state index contributed by atoms with van der Waals surface area (Å²) in [4.78, 5) is 29.0. The van der Waals surface area contributed by atoms with Gasteiger partial charge in [0.2, 0.25) is 0 Å². The van der Waals surface area contributed by atoms with Crippen molar-refractivity contribution in [2.45, 2.75) is 64.8 Å². The Balaban J connectivity index is 2.23. The van der Waals surface area contributed by atoms with Crippen molar-refractivity contribution in [3.8, 4) is 5.75 Å². The number of carbonyl (C=O) groups is 2. The zero-order valence-electron chi connectivity index (χ0n) is 19.4. The number of nitrogens with one attached hydrogen (secondary N) is 3. The molecule has 0 aromatic heterocycles. The number of esters is 1. The van der Waals surface area contributed by atoms with Gasteiger partial charge in [0, 0.05) is 23.7 Å². The molecule has 1 aliphatic rings. The Hall–Kier alpha value is -3.16. The number of anilines is 1. The predicted octanol–water partition coefficient (Wildman–Crippen LogP) is 4.20. The zero-order valence-corrected chi connectivity index (χ0v) is 19.4. The maximum atomic E-state index is 12.4. The molecule has 1 fully saturated rings. The first-order chi connectivity index (χ1) is 15.3. The fourth-order valence-electron chi connectivity index (χ4n) is 3.71. The van der Waals surface area contributed by atoms with Crippen molar-refractivity contribution in [1.82, 2.24) is 5.32 Å². The largest absolute Gasteiger partial charge is 0.493 e. The smallest absolute Gasteiger partial charge is 0.331 e. The highest BCUT2D eigenvalue weighted by Gasteiger charge is 2.42. The number of rotatable bonds is 10. The molecular formula is C24H34N4O4. The molecule has 32 heavy (non-hydrogen) atoms. The van der Waals surface area contributed by atoms with Crippen molar-refractivity contribution < 1.29 is 19.1 Å². The lowest BCUT2D eigenvalue weighted by molar-refractivity contribution is -0.145. The molecule has 1 saturated carbocycles. The van der Waals surface area contributed by atoms with Crippen LogP contribution in [0.15, 0.2) is 35.0 Å². The quantitative estimate of drug-likeness (QED) is 0.218. The molecule has 1 aliphatic carbocycles. The van der Waals surface area contributed by atoms with Crippen LogP contribution < -0.4 is 15.4 Å². The second-order valence-electron chi connectivity index (χ2n) is 7.80. The molecule has 1 aromatic carbocycles. The Labute approximate surface area is 190 Å². The van der Waals surface area contributed by atoms with Gasteiger partial charge in [-0.25, -0.2) is 4.79 Å². The highest BCUT2D eigenvalue weighted by molar-refractivity contribution is 6.11. The lowest BCUT2D eigenvalue weighted by Gasteiger charge is -2.28. The summed E-state index contributed by atoms with van der Waals surface area (Å²) >= 11 is 0. The van der Waals surface area contributed by atoms with Crippen LogP contribution in [0.5, 0.6) is 5.75 Å². The highest BCUT2D eigenvalue weighted by atomic mass is 16.5. The van der Waals surface area contributed by atoms with E-state index >= 15 is 0 Å². The SMILES string of the molecule is CCCC=N/C(C)=C/C(=O)NC(=N)c1cc(NC2(C(=O)OC)CCCC2)ccc1OCC. The maximum absolute atomic E-state index is 12.4. The van der Waals surface area contributed by atoms with E-state index in [0.717, 1.165) is 25.7 Å². The van der Waals surface area contributed by atoms with Gasteiger partial charge < -0.3 is 20.1 Å². The molecule has 0 radical (unpaired) electrons. The number of ether oxygens (including phenoxy) is 2. The lowest BCUT2D eigenvalue weighted by atomic mass is 9.97. The number of amidine groups is 1. The Morgan fingerprint density at radius 2 is 1.97 bits per heavy atom. The summed E-state index contributed by atoms with van der Waals surface area (Å²) in [6.45, 7) is 6.05. The van der Waals surface area contributed by atoms with Crippen molar-refractivity contribution in [3.63, 3.8) is 0 Å². The van der Waals surface area contributed by atoms with Crippen molar-refractivity contribution in [2.24, 2.45) is 4.99 Å². The molecule has 174 valence electrons. The second kappa shape index (κ2) is 12.0. The van der Waals surface area contributed by atoms with Gasteiger partial charge in [0.05, 0.1) is 19.3 Å². The number of nitrogens with zero attached hydrogens (tertiary/aromatic N) is 1. The van der Waals surface area contributed by atoms with Gasteiger partial charge in [0.15, 0.2) is 0 Å². The van der Waals surface area contributed by atoms with E-state index in [-0.39, 0.29) is 11.8 Å². The third-order valence-corrected chi connectivity index (χ3v) is 5.27. The normalized spacial score (nSPS) is 15.4. The van der Waals surface area contributed by atoms with Crippen molar-refractivity contribution >= 4 is 29.6 Å². The van der Waals surface area contributed by atoms with Gasteiger partial charge in [-0.1, -0.05) is 26.2 Å². The molecule has 8 heteroatoms. The van der Waals surface area contributed by atoms with Crippen LogP contribution in [0.3, 0.4) is 0 Å². The number of carbonyl (C=O) groups excluding carboxylic acids is 2. The summed E-state index contributed by atoms with van der Waals surface area (Å²) in [5.74, 6) is -0.354. The van der Waals surface area contributed by atoms with Gasteiger partial charge in [0.25, 0.3) is 5.91 Å². The Kier molecular flexibility index (Phi) is 9.43. The number of amides is 1. The van der Waals surface area contributed by atoms with Crippen LogP contribution in [0.4, 0.5) is 5.69 Å². The van der Waals surface area contributed by atoms with Gasteiger partial charge in [-0.05, 0) is 51.3 Å². The molecule has 1 aromatic rings. The summed E-state index contributed by atoms with van der Waals surface area (Å²) in [7, 11) is 1.39. The molecule has 0 bridgehead atoms. The summed E-state index contributed by atoms with van der Waals surface area (Å²) in [6, 6.07) is 5.25. The lowest BCUT2D eigenvalue weighted by Crippen LogP contribution is -2.44. The van der Waals surface area contributed by atoms with Crippen LogP contribution in [-0.4, -0.2) is 43.2 Å². The molecule has 0 heterocycles. The summed E-state index contributed by atoms with van der Waals surface area (Å²) < 4.78 is 10.7. The molecule has 0 aliphatic heterocycles. The number of benzene rings is 1. The van der Waals surface area contributed by atoms with Gasteiger partial charge in [0.1, 0.15) is 17.1 Å². The molecule has 2 rings (SSSR count). The predicted molar refractivity (Wildman–Crippen MR) is 127 cm³/mol. The van der Waals surface area contributed by atoms with Crippen molar-refractivity contribution in [1.29, 1.82) is 5.41 Å². The van der Waals surface area contributed by atoms with Crippen LogP contribution >= 0.6 is 0 Å². The van der Waals surface area contributed by atoms with Gasteiger partial charge >= 0.3 is 5.97 Å². The number of unbranched alkanes of at least 4 members (excludes halogenated alkanes) is 1. The Morgan fingerprint density at radius 1 is 1.25 bits per heavy atom. The minimum Gasteiger partial charge on any atom is -0.493 e. The van der Waals surface area contributed by atoms with E-state index < -0.39 is 11.4 Å². The van der Waals surface area contributed by atoms with Crippen molar-refractivity contribution in [2.75, 3.05) is 19.0 Å². The van der Waals surface area contributed by atoms with E-state index in [1.54, 1.807) is 31.3 Å².